The number of hydrogen-bond acceptors (Lipinski definition) is 4. The molecule has 0 amide bonds. The van der Waals surface area contributed by atoms with E-state index in [2.05, 4.69) is 30.0 Å². The van der Waals surface area contributed by atoms with Crippen molar-refractivity contribution in [2.45, 2.75) is 51.5 Å². The fraction of sp³-hybridized carbons (Fsp3) is 0.600. The lowest BCUT2D eigenvalue weighted by molar-refractivity contribution is 0.318. The summed E-state index contributed by atoms with van der Waals surface area (Å²) in [5.74, 6) is 1.04. The first kappa shape index (κ1) is 13.2. The van der Waals surface area contributed by atoms with Crippen LogP contribution in [0, 0.1) is 0 Å². The van der Waals surface area contributed by atoms with Crippen molar-refractivity contribution in [1.82, 2.24) is 4.98 Å². The number of aryl methyl sites for hydroxylation is 2. The van der Waals surface area contributed by atoms with Crippen LogP contribution in [0.2, 0.25) is 0 Å². The number of nitrogens with two attached hydrogens (primary N) is 1. The second-order valence-corrected chi connectivity index (χ2v) is 6.37. The molecule has 1 aliphatic heterocycles. The number of rotatable bonds is 2. The predicted octanol–water partition coefficient (Wildman–Crippen LogP) is 2.04. The maximum Gasteiger partial charge on any atom is 0.173 e. The molecule has 108 valence electrons. The molecule has 0 radical (unpaired) electrons. The molecule has 1 saturated heterocycles. The lowest BCUT2D eigenvalue weighted by Crippen LogP contribution is -2.40. The van der Waals surface area contributed by atoms with Gasteiger partial charge in [0.2, 0.25) is 0 Å². The van der Waals surface area contributed by atoms with Crippen LogP contribution < -0.4 is 10.6 Å². The molecule has 0 saturated carbocycles. The van der Waals surface area contributed by atoms with Crippen molar-refractivity contribution in [3.05, 3.63) is 22.9 Å². The Balaban J connectivity index is 2.13. The van der Waals surface area contributed by atoms with Gasteiger partial charge in [-0.15, -0.1) is 0 Å². The Kier molecular flexibility index (Phi) is 3.07. The third-order valence-corrected chi connectivity index (χ3v) is 4.57. The first-order valence-corrected chi connectivity index (χ1v) is 7.31. The predicted molar refractivity (Wildman–Crippen MR) is 79.4 cm³/mol. The molecule has 2 aliphatic rings. The Labute approximate surface area is 119 Å². The quantitative estimate of drug-likeness (QED) is 0.374. The van der Waals surface area contributed by atoms with Gasteiger partial charge in [0.05, 0.1) is 5.56 Å². The van der Waals surface area contributed by atoms with Gasteiger partial charge in [-0.2, -0.15) is 0 Å². The third kappa shape index (κ3) is 2.01. The standard InChI is InChI=1S/C15H22N4O/c1-15(2)7-4-8-19(15)14-11(13(16)18-20)9-10-5-3-6-12(10)17-14/h9,20H,3-8H2,1-2H3,(H2,16,18). The van der Waals surface area contributed by atoms with Crippen molar-refractivity contribution in [2.75, 3.05) is 11.4 Å². The smallest absolute Gasteiger partial charge is 0.173 e. The zero-order valence-corrected chi connectivity index (χ0v) is 12.2. The Hall–Kier alpha value is -1.78. The van der Waals surface area contributed by atoms with Crippen LogP contribution in [-0.2, 0) is 12.8 Å². The van der Waals surface area contributed by atoms with E-state index in [4.69, 9.17) is 15.9 Å². The summed E-state index contributed by atoms with van der Waals surface area (Å²) >= 11 is 0. The topological polar surface area (TPSA) is 74.7 Å². The van der Waals surface area contributed by atoms with E-state index in [-0.39, 0.29) is 11.4 Å². The van der Waals surface area contributed by atoms with E-state index in [1.54, 1.807) is 0 Å². The van der Waals surface area contributed by atoms with Crippen LogP contribution in [0.1, 0.15) is 49.9 Å². The van der Waals surface area contributed by atoms with Crippen molar-refractivity contribution >= 4 is 11.7 Å². The highest BCUT2D eigenvalue weighted by Crippen LogP contribution is 2.36. The highest BCUT2D eigenvalue weighted by Gasteiger charge is 2.35. The number of aromatic nitrogens is 1. The van der Waals surface area contributed by atoms with Crippen molar-refractivity contribution in [2.24, 2.45) is 10.9 Å². The molecule has 5 nitrogen and oxygen atoms in total. The summed E-state index contributed by atoms with van der Waals surface area (Å²) in [6.45, 7) is 5.43. The van der Waals surface area contributed by atoms with E-state index in [1.807, 2.05) is 0 Å². The van der Waals surface area contributed by atoms with Crippen LogP contribution in [0.3, 0.4) is 0 Å². The fourth-order valence-electron chi connectivity index (χ4n) is 3.41. The van der Waals surface area contributed by atoms with Crippen molar-refractivity contribution in [3.63, 3.8) is 0 Å². The van der Waals surface area contributed by atoms with Gasteiger partial charge >= 0.3 is 0 Å². The lowest BCUT2D eigenvalue weighted by atomic mass is 10.0. The van der Waals surface area contributed by atoms with Gasteiger partial charge in [0.1, 0.15) is 5.82 Å². The van der Waals surface area contributed by atoms with Crippen molar-refractivity contribution in [3.8, 4) is 0 Å². The SMILES string of the molecule is CC1(C)CCCN1c1nc2c(cc1C(N)=NO)CCC2. The maximum atomic E-state index is 9.05. The highest BCUT2D eigenvalue weighted by atomic mass is 16.4. The van der Waals surface area contributed by atoms with Gasteiger partial charge in [-0.1, -0.05) is 5.16 Å². The number of fused-ring (bicyclic) bond motifs is 1. The highest BCUT2D eigenvalue weighted by molar-refractivity contribution is 6.01. The van der Waals surface area contributed by atoms with Gasteiger partial charge in [-0.05, 0) is 57.6 Å². The summed E-state index contributed by atoms with van der Waals surface area (Å²) in [5.41, 5.74) is 9.14. The molecule has 0 aromatic carbocycles. The Morgan fingerprint density at radius 1 is 1.40 bits per heavy atom. The fourth-order valence-corrected chi connectivity index (χ4v) is 3.41. The molecule has 0 unspecified atom stereocenters. The second kappa shape index (κ2) is 4.65. The zero-order chi connectivity index (χ0) is 14.3. The molecular formula is C15H22N4O. The number of pyridine rings is 1. The lowest BCUT2D eigenvalue weighted by Gasteiger charge is -2.34. The van der Waals surface area contributed by atoms with E-state index >= 15 is 0 Å². The molecule has 5 heteroatoms. The molecule has 1 aliphatic carbocycles. The minimum Gasteiger partial charge on any atom is -0.409 e. The van der Waals surface area contributed by atoms with Gasteiger partial charge in [0, 0.05) is 17.8 Å². The second-order valence-electron chi connectivity index (χ2n) is 6.37. The molecule has 0 spiro atoms. The minimum absolute atomic E-state index is 0.0737. The summed E-state index contributed by atoms with van der Waals surface area (Å²) in [5, 5.41) is 12.2. The molecule has 1 aromatic heterocycles. The van der Waals surface area contributed by atoms with E-state index < -0.39 is 0 Å². The van der Waals surface area contributed by atoms with Crippen molar-refractivity contribution in [1.29, 1.82) is 0 Å². The maximum absolute atomic E-state index is 9.05. The molecule has 1 aromatic rings. The molecule has 2 heterocycles. The number of amidine groups is 1. The van der Waals surface area contributed by atoms with Gasteiger partial charge in [0.25, 0.3) is 0 Å². The van der Waals surface area contributed by atoms with Gasteiger partial charge in [-0.3, -0.25) is 0 Å². The van der Waals surface area contributed by atoms with Crippen LogP contribution in [-0.4, -0.2) is 28.1 Å². The van der Waals surface area contributed by atoms with Crippen LogP contribution in [0.25, 0.3) is 0 Å². The molecule has 0 bridgehead atoms. The normalized spacial score (nSPS) is 21.3. The van der Waals surface area contributed by atoms with Crippen LogP contribution >= 0.6 is 0 Å². The zero-order valence-electron chi connectivity index (χ0n) is 12.2. The summed E-state index contributed by atoms with van der Waals surface area (Å²) in [7, 11) is 0. The first-order valence-electron chi connectivity index (χ1n) is 7.31. The van der Waals surface area contributed by atoms with Crippen LogP contribution in [0.4, 0.5) is 5.82 Å². The molecule has 1 fully saturated rings. The van der Waals surface area contributed by atoms with E-state index in [0.717, 1.165) is 50.0 Å². The van der Waals surface area contributed by atoms with Crippen LogP contribution in [0.15, 0.2) is 11.2 Å². The van der Waals surface area contributed by atoms with E-state index in [1.165, 1.54) is 11.3 Å². The molecule has 20 heavy (non-hydrogen) atoms. The number of anilines is 1. The summed E-state index contributed by atoms with van der Waals surface area (Å²) < 4.78 is 0. The largest absolute Gasteiger partial charge is 0.409 e. The van der Waals surface area contributed by atoms with E-state index in [9.17, 15) is 0 Å². The number of nitrogens with zero attached hydrogens (tertiary/aromatic N) is 3. The van der Waals surface area contributed by atoms with Gasteiger partial charge in [0.15, 0.2) is 5.84 Å². The first-order chi connectivity index (χ1) is 9.53. The average molecular weight is 274 g/mol. The summed E-state index contributed by atoms with van der Waals surface area (Å²) in [6, 6.07) is 2.06. The Morgan fingerprint density at radius 3 is 2.85 bits per heavy atom. The monoisotopic (exact) mass is 274 g/mol. The minimum atomic E-state index is 0.0737. The summed E-state index contributed by atoms with van der Waals surface area (Å²) in [4.78, 5) is 7.16. The Bertz CT molecular complexity index is 565. The third-order valence-electron chi connectivity index (χ3n) is 4.57. The van der Waals surface area contributed by atoms with Gasteiger partial charge < -0.3 is 15.8 Å². The molecule has 3 N–H and O–H groups in total. The van der Waals surface area contributed by atoms with Crippen LogP contribution in [0.5, 0.6) is 0 Å². The van der Waals surface area contributed by atoms with E-state index in [0.29, 0.717) is 0 Å². The number of oxime groups is 1. The number of hydrogen-bond donors (Lipinski definition) is 2. The summed E-state index contributed by atoms with van der Waals surface area (Å²) in [6.07, 6.45) is 5.51. The van der Waals surface area contributed by atoms with Gasteiger partial charge in [-0.25, -0.2) is 4.98 Å². The van der Waals surface area contributed by atoms with Crippen molar-refractivity contribution < 1.29 is 5.21 Å². The Morgan fingerprint density at radius 2 is 2.20 bits per heavy atom. The molecular weight excluding hydrogens is 252 g/mol. The average Bonchev–Trinajstić information content (AvgIpc) is 3.01. The molecule has 3 rings (SSSR count). The molecule has 0 atom stereocenters.